The molecule has 160 valence electrons. The first-order valence-corrected chi connectivity index (χ1v) is 11.2. The summed E-state index contributed by atoms with van der Waals surface area (Å²) in [6.07, 6.45) is 0.839. The fourth-order valence-electron chi connectivity index (χ4n) is 3.78. The van der Waals surface area contributed by atoms with Gasteiger partial charge in [-0.15, -0.1) is 0 Å². The first-order chi connectivity index (χ1) is 13.8. The summed E-state index contributed by atoms with van der Waals surface area (Å²) in [5, 5.41) is 11.1. The molecule has 10 nitrogen and oxygen atoms in total. The summed E-state index contributed by atoms with van der Waals surface area (Å²) in [5.74, 6) is -0.107. The molecule has 2 aliphatic heterocycles. The molecule has 1 amide bonds. The number of nitro benzene ring substituents is 1. The molecular formula is C18H26N4O6S. The number of nitrogens with zero attached hydrogens (tertiary/aromatic N) is 3. The standard InChI is InChI=1S/C18H26N4O6S/c1-2-19-29(26,27)17-11-15(22(24)25)3-4-16(17)18(23)21-6-5-14(13-21)12-20-7-9-28-10-8-20/h3-4,11,14,19H,2,5-10,12-13H2,1H3/t14-/m1/s1. The van der Waals surface area contributed by atoms with Crippen LogP contribution in [0.5, 0.6) is 0 Å². The minimum atomic E-state index is -4.03. The molecule has 2 fully saturated rings. The Bertz CT molecular complexity index is 869. The van der Waals surface area contributed by atoms with Crippen molar-refractivity contribution in [3.63, 3.8) is 0 Å². The molecule has 2 aliphatic rings. The lowest BCUT2D eigenvalue weighted by atomic mass is 10.1. The van der Waals surface area contributed by atoms with Crippen molar-refractivity contribution in [1.29, 1.82) is 0 Å². The Hall–Kier alpha value is -2.08. The molecule has 0 saturated carbocycles. The van der Waals surface area contributed by atoms with Crippen LogP contribution in [0.25, 0.3) is 0 Å². The van der Waals surface area contributed by atoms with E-state index in [2.05, 4.69) is 9.62 Å². The van der Waals surface area contributed by atoms with E-state index in [1.807, 2.05) is 0 Å². The van der Waals surface area contributed by atoms with Gasteiger partial charge in [-0.25, -0.2) is 13.1 Å². The van der Waals surface area contributed by atoms with Gasteiger partial charge in [-0.3, -0.25) is 19.8 Å². The Morgan fingerprint density at radius 2 is 2.03 bits per heavy atom. The van der Waals surface area contributed by atoms with Gasteiger partial charge in [0.05, 0.1) is 23.7 Å². The van der Waals surface area contributed by atoms with Gasteiger partial charge in [-0.05, 0) is 18.4 Å². The summed E-state index contributed by atoms with van der Waals surface area (Å²) in [7, 11) is -4.03. The summed E-state index contributed by atoms with van der Waals surface area (Å²) < 4.78 is 32.8. The molecule has 0 spiro atoms. The summed E-state index contributed by atoms with van der Waals surface area (Å²) in [4.78, 5) is 27.1. The van der Waals surface area contributed by atoms with Crippen LogP contribution in [0.4, 0.5) is 5.69 Å². The molecule has 3 rings (SSSR count). The molecule has 1 aromatic carbocycles. The maximum atomic E-state index is 13.1. The first kappa shape index (κ1) is 21.6. The van der Waals surface area contributed by atoms with E-state index >= 15 is 0 Å². The van der Waals surface area contributed by atoms with Gasteiger partial charge in [-0.2, -0.15) is 0 Å². The smallest absolute Gasteiger partial charge is 0.270 e. The SMILES string of the molecule is CCNS(=O)(=O)c1cc([N+](=O)[O-])ccc1C(=O)N1CC[C@H](CN2CCOCC2)C1. The van der Waals surface area contributed by atoms with Crippen LogP contribution in [0, 0.1) is 16.0 Å². The topological polar surface area (TPSA) is 122 Å². The number of likely N-dealkylation sites (tertiary alicyclic amines) is 1. The minimum absolute atomic E-state index is 0.0384. The molecule has 0 unspecified atom stereocenters. The zero-order valence-electron chi connectivity index (χ0n) is 16.4. The molecule has 0 aromatic heterocycles. The van der Waals surface area contributed by atoms with E-state index in [0.29, 0.717) is 32.2 Å². The van der Waals surface area contributed by atoms with Crippen molar-refractivity contribution in [1.82, 2.24) is 14.5 Å². The van der Waals surface area contributed by atoms with Crippen LogP contribution in [0.15, 0.2) is 23.1 Å². The molecule has 29 heavy (non-hydrogen) atoms. The highest BCUT2D eigenvalue weighted by atomic mass is 32.2. The van der Waals surface area contributed by atoms with Crippen LogP contribution in [-0.2, 0) is 14.8 Å². The Labute approximate surface area is 170 Å². The van der Waals surface area contributed by atoms with Crippen LogP contribution in [0.3, 0.4) is 0 Å². The van der Waals surface area contributed by atoms with Gasteiger partial charge in [0.2, 0.25) is 10.0 Å². The molecule has 2 saturated heterocycles. The van der Waals surface area contributed by atoms with E-state index in [-0.39, 0.29) is 22.7 Å². The number of ether oxygens (including phenoxy) is 1. The first-order valence-electron chi connectivity index (χ1n) is 9.69. The lowest BCUT2D eigenvalue weighted by Gasteiger charge is -2.29. The monoisotopic (exact) mass is 426 g/mol. The summed E-state index contributed by atoms with van der Waals surface area (Å²) in [6.45, 7) is 6.83. The molecule has 1 aromatic rings. The number of rotatable bonds is 7. The number of non-ortho nitro benzene ring substituents is 1. The second kappa shape index (κ2) is 9.16. The van der Waals surface area contributed by atoms with Crippen molar-refractivity contribution in [2.24, 2.45) is 5.92 Å². The van der Waals surface area contributed by atoms with E-state index in [0.717, 1.165) is 32.1 Å². The average molecular weight is 426 g/mol. The Kier molecular flexibility index (Phi) is 6.83. The highest BCUT2D eigenvalue weighted by Gasteiger charge is 2.32. The Morgan fingerprint density at radius 3 is 2.69 bits per heavy atom. The van der Waals surface area contributed by atoms with Crippen LogP contribution < -0.4 is 4.72 Å². The summed E-state index contributed by atoms with van der Waals surface area (Å²) >= 11 is 0. The molecule has 2 heterocycles. The lowest BCUT2D eigenvalue weighted by Crippen LogP contribution is -2.40. The van der Waals surface area contributed by atoms with Crippen molar-refractivity contribution >= 4 is 21.6 Å². The number of nitro groups is 1. The minimum Gasteiger partial charge on any atom is -0.379 e. The van der Waals surface area contributed by atoms with E-state index in [1.54, 1.807) is 11.8 Å². The van der Waals surface area contributed by atoms with Crippen molar-refractivity contribution in [3.8, 4) is 0 Å². The molecule has 1 N–H and O–H groups in total. The predicted octanol–water partition coefficient (Wildman–Crippen LogP) is 0.687. The fourth-order valence-corrected chi connectivity index (χ4v) is 5.03. The van der Waals surface area contributed by atoms with Gasteiger partial charge in [0.15, 0.2) is 0 Å². The number of nitrogens with one attached hydrogen (secondary N) is 1. The largest absolute Gasteiger partial charge is 0.379 e. The van der Waals surface area contributed by atoms with Crippen LogP contribution >= 0.6 is 0 Å². The van der Waals surface area contributed by atoms with Gasteiger partial charge in [0, 0.05) is 51.4 Å². The highest BCUT2D eigenvalue weighted by Crippen LogP contribution is 2.26. The van der Waals surface area contributed by atoms with Gasteiger partial charge in [0.1, 0.15) is 4.90 Å². The predicted molar refractivity (Wildman–Crippen MR) is 105 cm³/mol. The number of hydrogen-bond acceptors (Lipinski definition) is 7. The molecule has 0 radical (unpaired) electrons. The highest BCUT2D eigenvalue weighted by molar-refractivity contribution is 7.89. The quantitative estimate of drug-likeness (QED) is 0.503. The maximum Gasteiger partial charge on any atom is 0.270 e. The molecule has 1 atom stereocenters. The zero-order chi connectivity index (χ0) is 21.0. The van der Waals surface area contributed by atoms with Crippen molar-refractivity contribution in [2.45, 2.75) is 18.2 Å². The second-order valence-corrected chi connectivity index (χ2v) is 8.99. The van der Waals surface area contributed by atoms with Crippen molar-refractivity contribution < 1.29 is 22.9 Å². The number of hydrogen-bond donors (Lipinski definition) is 1. The second-order valence-electron chi connectivity index (χ2n) is 7.26. The van der Waals surface area contributed by atoms with Gasteiger partial charge in [0.25, 0.3) is 11.6 Å². The maximum absolute atomic E-state index is 13.1. The number of morpholine rings is 1. The molecular weight excluding hydrogens is 400 g/mol. The van der Waals surface area contributed by atoms with Crippen molar-refractivity contribution in [3.05, 3.63) is 33.9 Å². The lowest BCUT2D eigenvalue weighted by molar-refractivity contribution is -0.385. The third-order valence-electron chi connectivity index (χ3n) is 5.22. The normalized spacial score (nSPS) is 20.7. The summed E-state index contributed by atoms with van der Waals surface area (Å²) in [5.41, 5.74) is -0.409. The van der Waals surface area contributed by atoms with Gasteiger partial charge >= 0.3 is 0 Å². The van der Waals surface area contributed by atoms with Crippen molar-refractivity contribution in [2.75, 3.05) is 52.5 Å². The third-order valence-corrected chi connectivity index (χ3v) is 6.81. The zero-order valence-corrected chi connectivity index (χ0v) is 17.2. The number of sulfonamides is 1. The molecule has 11 heteroatoms. The Morgan fingerprint density at radius 1 is 1.31 bits per heavy atom. The number of benzene rings is 1. The Balaban J connectivity index is 1.78. The van der Waals surface area contributed by atoms with E-state index in [9.17, 15) is 23.3 Å². The van der Waals surface area contributed by atoms with E-state index < -0.39 is 20.9 Å². The van der Waals surface area contributed by atoms with Crippen LogP contribution in [0.2, 0.25) is 0 Å². The average Bonchev–Trinajstić information content (AvgIpc) is 3.16. The molecule has 0 bridgehead atoms. The number of carbonyl (C=O) groups is 1. The summed E-state index contributed by atoms with van der Waals surface area (Å²) in [6, 6.07) is 3.35. The van der Waals surface area contributed by atoms with E-state index in [1.165, 1.54) is 12.1 Å². The van der Waals surface area contributed by atoms with Gasteiger partial charge < -0.3 is 9.64 Å². The van der Waals surface area contributed by atoms with Crippen LogP contribution in [-0.4, -0.2) is 81.5 Å². The number of carbonyl (C=O) groups excluding carboxylic acids is 1. The van der Waals surface area contributed by atoms with E-state index in [4.69, 9.17) is 4.74 Å². The van der Waals surface area contributed by atoms with Crippen LogP contribution in [0.1, 0.15) is 23.7 Å². The molecule has 0 aliphatic carbocycles. The van der Waals surface area contributed by atoms with Gasteiger partial charge in [-0.1, -0.05) is 6.92 Å². The third kappa shape index (κ3) is 5.10. The number of amides is 1. The fraction of sp³-hybridized carbons (Fsp3) is 0.611.